The lowest BCUT2D eigenvalue weighted by Gasteiger charge is -2.32. The van der Waals surface area contributed by atoms with E-state index in [2.05, 4.69) is 15.5 Å². The van der Waals surface area contributed by atoms with Crippen molar-refractivity contribution in [2.24, 2.45) is 0 Å². The van der Waals surface area contributed by atoms with E-state index < -0.39 is 18.3 Å². The standard InChI is InChI=1S/C16H20BN3O3/c1-15(2)16(3,4)23-17(22-15)11-7-5-6-8-12(11)19-14(21)13-9-10-18-20-13/h5-10H,1-4H3,(H,18,20)(H,19,21). The molecule has 1 aromatic heterocycles. The largest absolute Gasteiger partial charge is 0.496 e. The second kappa shape index (κ2) is 5.51. The third-order valence-corrected chi connectivity index (χ3v) is 4.46. The minimum Gasteiger partial charge on any atom is -0.399 e. The third kappa shape index (κ3) is 2.89. The Morgan fingerprint density at radius 3 is 2.39 bits per heavy atom. The fraction of sp³-hybridized carbons (Fsp3) is 0.375. The zero-order valence-electron chi connectivity index (χ0n) is 13.7. The fourth-order valence-corrected chi connectivity index (χ4v) is 2.36. The Labute approximate surface area is 135 Å². The van der Waals surface area contributed by atoms with Crippen molar-refractivity contribution >= 4 is 24.2 Å². The van der Waals surface area contributed by atoms with E-state index in [0.29, 0.717) is 11.4 Å². The molecule has 0 aliphatic carbocycles. The summed E-state index contributed by atoms with van der Waals surface area (Å²) in [4.78, 5) is 12.2. The molecule has 6 nitrogen and oxygen atoms in total. The lowest BCUT2D eigenvalue weighted by molar-refractivity contribution is 0.00578. The molecule has 1 aromatic carbocycles. The number of anilines is 1. The zero-order chi connectivity index (χ0) is 16.7. The van der Waals surface area contributed by atoms with Crippen LogP contribution >= 0.6 is 0 Å². The van der Waals surface area contributed by atoms with Gasteiger partial charge in [0.2, 0.25) is 0 Å². The van der Waals surface area contributed by atoms with E-state index >= 15 is 0 Å². The van der Waals surface area contributed by atoms with Gasteiger partial charge < -0.3 is 14.6 Å². The number of benzene rings is 1. The van der Waals surface area contributed by atoms with Gasteiger partial charge in [0, 0.05) is 17.3 Å². The summed E-state index contributed by atoms with van der Waals surface area (Å²) in [6.07, 6.45) is 1.54. The Kier molecular flexibility index (Phi) is 3.78. The lowest BCUT2D eigenvalue weighted by atomic mass is 9.78. The van der Waals surface area contributed by atoms with Crippen LogP contribution in [0.5, 0.6) is 0 Å². The fourth-order valence-electron chi connectivity index (χ4n) is 2.36. The third-order valence-electron chi connectivity index (χ3n) is 4.46. The van der Waals surface area contributed by atoms with Gasteiger partial charge in [-0.15, -0.1) is 0 Å². The molecule has 3 rings (SSSR count). The molecule has 0 unspecified atom stereocenters. The summed E-state index contributed by atoms with van der Waals surface area (Å²) in [5, 5.41) is 9.31. The van der Waals surface area contributed by atoms with Crippen molar-refractivity contribution < 1.29 is 14.1 Å². The summed E-state index contributed by atoms with van der Waals surface area (Å²) in [6, 6.07) is 9.09. The number of hydrogen-bond acceptors (Lipinski definition) is 4. The van der Waals surface area contributed by atoms with Crippen molar-refractivity contribution in [2.45, 2.75) is 38.9 Å². The second-order valence-corrected chi connectivity index (χ2v) is 6.60. The highest BCUT2D eigenvalue weighted by atomic mass is 16.7. The van der Waals surface area contributed by atoms with Crippen molar-refractivity contribution in [3.05, 3.63) is 42.2 Å². The number of rotatable bonds is 3. The predicted octanol–water partition coefficient (Wildman–Crippen LogP) is 1.96. The summed E-state index contributed by atoms with van der Waals surface area (Å²) in [5.74, 6) is -0.258. The molecule has 1 saturated heterocycles. The van der Waals surface area contributed by atoms with Crippen LogP contribution in [0.25, 0.3) is 0 Å². The molecule has 0 atom stereocenters. The van der Waals surface area contributed by atoms with Crippen molar-refractivity contribution in [3.8, 4) is 0 Å². The Morgan fingerprint density at radius 1 is 1.13 bits per heavy atom. The smallest absolute Gasteiger partial charge is 0.399 e. The van der Waals surface area contributed by atoms with Crippen LogP contribution in [0.2, 0.25) is 0 Å². The summed E-state index contributed by atoms with van der Waals surface area (Å²) in [6.45, 7) is 8.00. The maximum atomic E-state index is 12.2. The molecule has 1 aliphatic heterocycles. The van der Waals surface area contributed by atoms with Crippen molar-refractivity contribution in [3.63, 3.8) is 0 Å². The Balaban J connectivity index is 1.86. The molecule has 2 N–H and O–H groups in total. The SMILES string of the molecule is CC1(C)OB(c2ccccc2NC(=O)c2ccn[nH]2)OC1(C)C. The molecule has 0 radical (unpaired) electrons. The number of nitrogens with zero attached hydrogens (tertiary/aromatic N) is 1. The highest BCUT2D eigenvalue weighted by Crippen LogP contribution is 2.36. The van der Waals surface area contributed by atoms with Crippen LogP contribution in [0.3, 0.4) is 0 Å². The van der Waals surface area contributed by atoms with Crippen molar-refractivity contribution in [2.75, 3.05) is 5.32 Å². The summed E-state index contributed by atoms with van der Waals surface area (Å²) in [5.41, 5.74) is 0.981. The molecule has 0 saturated carbocycles. The first-order valence-electron chi connectivity index (χ1n) is 7.55. The zero-order valence-corrected chi connectivity index (χ0v) is 13.7. The van der Waals surface area contributed by atoms with Crippen LogP contribution in [0.1, 0.15) is 38.2 Å². The van der Waals surface area contributed by atoms with Gasteiger partial charge in [-0.3, -0.25) is 9.89 Å². The van der Waals surface area contributed by atoms with Gasteiger partial charge in [-0.05, 0) is 39.8 Å². The average molecular weight is 313 g/mol. The van der Waals surface area contributed by atoms with Crippen LogP contribution in [-0.4, -0.2) is 34.4 Å². The second-order valence-electron chi connectivity index (χ2n) is 6.60. The van der Waals surface area contributed by atoms with Gasteiger partial charge in [0.05, 0.1) is 11.2 Å². The van der Waals surface area contributed by atoms with Gasteiger partial charge >= 0.3 is 7.12 Å². The van der Waals surface area contributed by atoms with Gasteiger partial charge in [0.1, 0.15) is 5.69 Å². The highest BCUT2D eigenvalue weighted by Gasteiger charge is 2.52. The molecular weight excluding hydrogens is 293 g/mol. The number of hydrogen-bond donors (Lipinski definition) is 2. The molecule has 0 bridgehead atoms. The van der Waals surface area contributed by atoms with Crippen LogP contribution in [-0.2, 0) is 9.31 Å². The maximum absolute atomic E-state index is 12.2. The topological polar surface area (TPSA) is 76.2 Å². The molecule has 120 valence electrons. The van der Waals surface area contributed by atoms with Gasteiger partial charge in [-0.25, -0.2) is 0 Å². The molecule has 1 amide bonds. The first-order chi connectivity index (χ1) is 10.8. The Hall–Kier alpha value is -2.12. The molecule has 2 heterocycles. The Morgan fingerprint density at radius 2 is 1.78 bits per heavy atom. The number of amides is 1. The molecule has 0 spiro atoms. The monoisotopic (exact) mass is 313 g/mol. The molecular formula is C16H20BN3O3. The number of H-pyrrole nitrogens is 1. The van der Waals surface area contributed by atoms with Gasteiger partial charge in [0.25, 0.3) is 5.91 Å². The van der Waals surface area contributed by atoms with E-state index in [-0.39, 0.29) is 5.91 Å². The van der Waals surface area contributed by atoms with Crippen LogP contribution in [0.4, 0.5) is 5.69 Å². The van der Waals surface area contributed by atoms with Crippen LogP contribution in [0, 0.1) is 0 Å². The lowest BCUT2D eigenvalue weighted by Crippen LogP contribution is -2.41. The molecule has 23 heavy (non-hydrogen) atoms. The van der Waals surface area contributed by atoms with Crippen molar-refractivity contribution in [1.82, 2.24) is 10.2 Å². The molecule has 1 fully saturated rings. The van der Waals surface area contributed by atoms with Gasteiger partial charge in [-0.2, -0.15) is 5.10 Å². The normalized spacial score (nSPS) is 18.9. The average Bonchev–Trinajstić information content (AvgIpc) is 3.06. The molecule has 2 aromatic rings. The minimum absolute atomic E-state index is 0.258. The van der Waals surface area contributed by atoms with Crippen LogP contribution < -0.4 is 10.8 Å². The molecule has 7 heteroatoms. The van der Waals surface area contributed by atoms with E-state index in [1.165, 1.54) is 6.20 Å². The van der Waals surface area contributed by atoms with Gasteiger partial charge in [-0.1, -0.05) is 18.2 Å². The number of para-hydroxylation sites is 1. The molecule has 1 aliphatic rings. The first-order valence-corrected chi connectivity index (χ1v) is 7.55. The minimum atomic E-state index is -0.529. The number of carbonyl (C=O) groups excluding carboxylic acids is 1. The quantitative estimate of drug-likeness (QED) is 0.849. The summed E-state index contributed by atoms with van der Waals surface area (Å²) < 4.78 is 12.1. The number of carbonyl (C=O) groups is 1. The summed E-state index contributed by atoms with van der Waals surface area (Å²) in [7, 11) is -0.529. The number of aromatic amines is 1. The maximum Gasteiger partial charge on any atom is 0.496 e. The van der Waals surface area contributed by atoms with Gasteiger partial charge in [0.15, 0.2) is 0 Å². The van der Waals surface area contributed by atoms with E-state index in [1.54, 1.807) is 6.07 Å². The van der Waals surface area contributed by atoms with E-state index in [1.807, 2.05) is 52.0 Å². The van der Waals surface area contributed by atoms with E-state index in [0.717, 1.165) is 5.46 Å². The highest BCUT2D eigenvalue weighted by molar-refractivity contribution is 6.64. The first kappa shape index (κ1) is 15.8. The summed E-state index contributed by atoms with van der Waals surface area (Å²) >= 11 is 0. The Bertz CT molecular complexity index is 697. The predicted molar refractivity (Wildman–Crippen MR) is 88.7 cm³/mol. The van der Waals surface area contributed by atoms with Crippen LogP contribution in [0.15, 0.2) is 36.5 Å². The van der Waals surface area contributed by atoms with E-state index in [9.17, 15) is 4.79 Å². The van der Waals surface area contributed by atoms with E-state index in [4.69, 9.17) is 9.31 Å². The number of aromatic nitrogens is 2. The van der Waals surface area contributed by atoms with Crippen molar-refractivity contribution in [1.29, 1.82) is 0 Å². The number of nitrogens with one attached hydrogen (secondary N) is 2.